The fraction of sp³-hybridized carbons (Fsp3) is 0.278. The van der Waals surface area contributed by atoms with Gasteiger partial charge in [-0.2, -0.15) is 4.98 Å². The molecule has 1 atom stereocenters. The number of nitrogens with one attached hydrogen (secondary N) is 1. The van der Waals surface area contributed by atoms with Crippen molar-refractivity contribution >= 4 is 22.0 Å². The summed E-state index contributed by atoms with van der Waals surface area (Å²) < 4.78 is 23.4. The number of pyridine rings is 2. The van der Waals surface area contributed by atoms with Crippen LogP contribution in [0.15, 0.2) is 29.6 Å². The Morgan fingerprint density at radius 2 is 2.12 bits per heavy atom. The largest absolute Gasteiger partial charge is 0.496 e. The van der Waals surface area contributed by atoms with Crippen LogP contribution in [0, 0.1) is 18.8 Å². The summed E-state index contributed by atoms with van der Waals surface area (Å²) >= 11 is 0. The van der Waals surface area contributed by atoms with E-state index in [2.05, 4.69) is 31.8 Å². The van der Waals surface area contributed by atoms with Crippen LogP contribution in [0.5, 0.6) is 11.6 Å². The summed E-state index contributed by atoms with van der Waals surface area (Å²) in [5, 5.41) is 0.349. The Kier molecular flexibility index (Phi) is 5.49. The monoisotopic (exact) mass is 370 g/mol. The molecule has 0 saturated carbocycles. The molecule has 26 heavy (non-hydrogen) atoms. The third-order valence-electron chi connectivity index (χ3n) is 3.73. The number of aromatic amines is 1. The van der Waals surface area contributed by atoms with Crippen LogP contribution in [0.4, 0.5) is 0 Å². The molecule has 0 bridgehead atoms. The van der Waals surface area contributed by atoms with Gasteiger partial charge in [0.25, 0.3) is 0 Å². The van der Waals surface area contributed by atoms with E-state index in [1.54, 1.807) is 38.4 Å². The molecule has 0 radical (unpaired) electrons. The Hall–Kier alpha value is -2.92. The van der Waals surface area contributed by atoms with Gasteiger partial charge < -0.3 is 14.5 Å². The van der Waals surface area contributed by atoms with Gasteiger partial charge in [0.1, 0.15) is 5.75 Å². The first kappa shape index (κ1) is 17.9. The Labute approximate surface area is 153 Å². The molecule has 3 heterocycles. The molecule has 0 amide bonds. The lowest BCUT2D eigenvalue weighted by atomic mass is 10.2. The zero-order valence-corrected chi connectivity index (χ0v) is 15.5. The van der Waals surface area contributed by atoms with Crippen LogP contribution >= 0.6 is 0 Å². The SMILES string of the molecule is CC#CCOc1ccc2[nH]c(S(=O)Cc3nccc(OC)c3C)nc2n1. The van der Waals surface area contributed by atoms with Crippen LogP contribution in [-0.4, -0.2) is 37.9 Å². The van der Waals surface area contributed by atoms with Crippen molar-refractivity contribution in [3.8, 4) is 23.5 Å². The van der Waals surface area contributed by atoms with Gasteiger partial charge in [-0.05, 0) is 26.0 Å². The van der Waals surface area contributed by atoms with Gasteiger partial charge >= 0.3 is 0 Å². The maximum Gasteiger partial charge on any atom is 0.216 e. The zero-order chi connectivity index (χ0) is 18.5. The van der Waals surface area contributed by atoms with Gasteiger partial charge in [0.15, 0.2) is 17.4 Å². The van der Waals surface area contributed by atoms with E-state index in [9.17, 15) is 4.21 Å². The van der Waals surface area contributed by atoms with Crippen molar-refractivity contribution < 1.29 is 13.7 Å². The highest BCUT2D eigenvalue weighted by Gasteiger charge is 2.15. The van der Waals surface area contributed by atoms with Gasteiger partial charge in [-0.1, -0.05) is 5.92 Å². The van der Waals surface area contributed by atoms with Crippen molar-refractivity contribution in [1.29, 1.82) is 0 Å². The second-order valence-corrected chi connectivity index (χ2v) is 6.72. The summed E-state index contributed by atoms with van der Waals surface area (Å²) in [5.74, 6) is 6.93. The molecule has 0 saturated heterocycles. The number of methoxy groups -OCH3 is 1. The average Bonchev–Trinajstić information content (AvgIpc) is 3.07. The summed E-state index contributed by atoms with van der Waals surface area (Å²) in [6, 6.07) is 5.29. The molecule has 1 N–H and O–H groups in total. The molecule has 0 aromatic carbocycles. The molecule has 0 fully saturated rings. The van der Waals surface area contributed by atoms with Gasteiger partial charge in [0.05, 0.1) is 34.9 Å². The summed E-state index contributed by atoms with van der Waals surface area (Å²) in [5.41, 5.74) is 2.71. The third kappa shape index (κ3) is 3.83. The Morgan fingerprint density at radius 1 is 1.27 bits per heavy atom. The minimum atomic E-state index is -1.39. The first-order chi connectivity index (χ1) is 12.6. The first-order valence-electron chi connectivity index (χ1n) is 7.88. The highest BCUT2D eigenvalue weighted by molar-refractivity contribution is 7.84. The molecule has 0 aliphatic rings. The molecule has 3 aromatic heterocycles. The topological polar surface area (TPSA) is 90.0 Å². The molecule has 0 aliphatic carbocycles. The number of rotatable bonds is 6. The van der Waals surface area contributed by atoms with E-state index in [4.69, 9.17) is 9.47 Å². The normalized spacial score (nSPS) is 11.7. The number of fused-ring (bicyclic) bond motifs is 1. The van der Waals surface area contributed by atoms with E-state index >= 15 is 0 Å². The van der Waals surface area contributed by atoms with Crippen LogP contribution in [-0.2, 0) is 16.6 Å². The van der Waals surface area contributed by atoms with E-state index < -0.39 is 10.8 Å². The summed E-state index contributed by atoms with van der Waals surface area (Å²) in [4.78, 5) is 16.0. The first-order valence-corrected chi connectivity index (χ1v) is 9.20. The van der Waals surface area contributed by atoms with Crippen LogP contribution < -0.4 is 9.47 Å². The Morgan fingerprint density at radius 3 is 2.88 bits per heavy atom. The number of hydrogen-bond acceptors (Lipinski definition) is 6. The predicted molar refractivity (Wildman–Crippen MR) is 98.5 cm³/mol. The van der Waals surface area contributed by atoms with Gasteiger partial charge in [0.2, 0.25) is 5.88 Å². The molecular weight excluding hydrogens is 352 g/mol. The van der Waals surface area contributed by atoms with Gasteiger partial charge in [0, 0.05) is 17.8 Å². The van der Waals surface area contributed by atoms with Crippen molar-refractivity contribution in [2.45, 2.75) is 24.8 Å². The fourth-order valence-electron chi connectivity index (χ4n) is 2.34. The molecule has 8 heteroatoms. The minimum Gasteiger partial charge on any atom is -0.496 e. The van der Waals surface area contributed by atoms with Crippen LogP contribution in [0.25, 0.3) is 11.2 Å². The van der Waals surface area contributed by atoms with Crippen molar-refractivity contribution in [1.82, 2.24) is 19.9 Å². The molecule has 0 aliphatic heterocycles. The second-order valence-electron chi connectivity index (χ2n) is 5.35. The van der Waals surface area contributed by atoms with Crippen molar-refractivity contribution in [3.05, 3.63) is 35.7 Å². The van der Waals surface area contributed by atoms with Crippen LogP contribution in [0.1, 0.15) is 18.2 Å². The lowest BCUT2D eigenvalue weighted by Gasteiger charge is -2.08. The van der Waals surface area contributed by atoms with E-state index in [1.807, 2.05) is 6.92 Å². The lowest BCUT2D eigenvalue weighted by Crippen LogP contribution is -2.03. The maximum atomic E-state index is 12.7. The van der Waals surface area contributed by atoms with E-state index in [1.165, 1.54) is 0 Å². The van der Waals surface area contributed by atoms with Gasteiger partial charge in [-0.3, -0.25) is 9.19 Å². The third-order valence-corrected chi connectivity index (χ3v) is 4.89. The summed E-state index contributed by atoms with van der Waals surface area (Å²) in [7, 11) is 0.208. The molecular formula is C18H18N4O3S. The summed E-state index contributed by atoms with van der Waals surface area (Å²) in [6.07, 6.45) is 1.64. The number of hydrogen-bond donors (Lipinski definition) is 1. The second kappa shape index (κ2) is 7.97. The molecule has 134 valence electrons. The quantitative estimate of drug-likeness (QED) is 0.670. The molecule has 7 nitrogen and oxygen atoms in total. The number of aromatic nitrogens is 4. The molecule has 0 spiro atoms. The molecule has 1 unspecified atom stereocenters. The highest BCUT2D eigenvalue weighted by Crippen LogP contribution is 2.22. The number of ether oxygens (including phenoxy) is 2. The fourth-order valence-corrected chi connectivity index (χ4v) is 3.43. The predicted octanol–water partition coefficient (Wildman–Crippen LogP) is 2.38. The van der Waals surface area contributed by atoms with Crippen molar-refractivity contribution in [2.24, 2.45) is 0 Å². The molecule has 3 rings (SSSR count). The Bertz CT molecular complexity index is 1020. The van der Waals surface area contributed by atoms with E-state index in [0.29, 0.717) is 27.9 Å². The van der Waals surface area contributed by atoms with E-state index in [-0.39, 0.29) is 12.4 Å². The standard InChI is InChI=1S/C18H18N4O3S/c1-4-5-10-25-16-7-6-13-17(21-16)22-18(20-13)26(23)11-14-12(2)15(24-3)8-9-19-14/h6-9H,10-11H2,1-3H3,(H,20,21,22). The van der Waals surface area contributed by atoms with Gasteiger partial charge in [-0.15, -0.1) is 5.92 Å². The van der Waals surface area contributed by atoms with Crippen molar-refractivity contribution in [2.75, 3.05) is 13.7 Å². The number of imidazole rings is 1. The average molecular weight is 370 g/mol. The molecule has 3 aromatic rings. The van der Waals surface area contributed by atoms with Crippen LogP contribution in [0.2, 0.25) is 0 Å². The van der Waals surface area contributed by atoms with E-state index in [0.717, 1.165) is 11.3 Å². The lowest BCUT2D eigenvalue weighted by molar-refractivity contribution is 0.356. The Balaban J connectivity index is 1.81. The minimum absolute atomic E-state index is 0.234. The number of H-pyrrole nitrogens is 1. The highest BCUT2D eigenvalue weighted by atomic mass is 32.2. The zero-order valence-electron chi connectivity index (χ0n) is 14.7. The van der Waals surface area contributed by atoms with Gasteiger partial charge in [-0.25, -0.2) is 4.98 Å². The number of nitrogens with zero attached hydrogens (tertiary/aromatic N) is 3. The smallest absolute Gasteiger partial charge is 0.216 e. The maximum absolute atomic E-state index is 12.7. The van der Waals surface area contributed by atoms with Crippen molar-refractivity contribution in [3.63, 3.8) is 0 Å². The summed E-state index contributed by atoms with van der Waals surface area (Å²) in [6.45, 7) is 3.90. The van der Waals surface area contributed by atoms with Crippen LogP contribution in [0.3, 0.4) is 0 Å².